The van der Waals surface area contributed by atoms with Crippen molar-refractivity contribution in [3.05, 3.63) is 24.3 Å². The lowest BCUT2D eigenvalue weighted by Crippen LogP contribution is -2.01. The Bertz CT molecular complexity index is 499. The molecule has 0 spiro atoms. The van der Waals surface area contributed by atoms with Gasteiger partial charge in [0.2, 0.25) is 0 Å². The number of rotatable bonds is 2. The molecule has 0 aliphatic carbocycles. The van der Waals surface area contributed by atoms with E-state index in [0.717, 1.165) is 5.39 Å². The van der Waals surface area contributed by atoms with Gasteiger partial charge in [-0.3, -0.25) is 0 Å². The van der Waals surface area contributed by atoms with Crippen LogP contribution in [0.3, 0.4) is 0 Å². The van der Waals surface area contributed by atoms with Crippen molar-refractivity contribution in [2.45, 2.75) is 0 Å². The van der Waals surface area contributed by atoms with Gasteiger partial charge in [0, 0.05) is 11.5 Å². The van der Waals surface area contributed by atoms with Gasteiger partial charge < -0.3 is 19.0 Å². The molecule has 0 amide bonds. The van der Waals surface area contributed by atoms with E-state index >= 15 is 0 Å². The number of carboxylic acid groups (broad SMARTS) is 1. The van der Waals surface area contributed by atoms with Gasteiger partial charge in [-0.25, -0.2) is 4.79 Å². The van der Waals surface area contributed by atoms with E-state index in [1.807, 2.05) is 0 Å². The first-order valence-electron chi connectivity index (χ1n) is 4.18. The Kier molecular flexibility index (Phi) is 2.21. The fourth-order valence-corrected chi connectivity index (χ4v) is 1.31. The summed E-state index contributed by atoms with van der Waals surface area (Å²) in [6.07, 6.45) is -1.41. The molecule has 0 bridgehead atoms. The lowest BCUT2D eigenvalue weighted by molar-refractivity contribution is 0.134. The zero-order valence-electron chi connectivity index (χ0n) is 7.89. The first-order valence-corrected chi connectivity index (χ1v) is 4.18. The highest BCUT2D eigenvalue weighted by molar-refractivity contribution is 5.84. The number of hydrogen-bond donors (Lipinski definition) is 1. The Morgan fingerprint density at radius 1 is 1.47 bits per heavy atom. The van der Waals surface area contributed by atoms with Crippen molar-refractivity contribution in [1.82, 2.24) is 0 Å². The maximum absolute atomic E-state index is 10.3. The predicted octanol–water partition coefficient (Wildman–Crippen LogP) is 2.50. The van der Waals surface area contributed by atoms with Crippen LogP contribution in [0.2, 0.25) is 0 Å². The summed E-state index contributed by atoms with van der Waals surface area (Å²) in [5.74, 6) is 0.467. The van der Waals surface area contributed by atoms with Crippen LogP contribution in [-0.2, 0) is 0 Å². The van der Waals surface area contributed by atoms with Gasteiger partial charge in [-0.1, -0.05) is 12.1 Å². The molecule has 0 aliphatic rings. The maximum Gasteiger partial charge on any atom is 0.513 e. The fourth-order valence-electron chi connectivity index (χ4n) is 1.31. The van der Waals surface area contributed by atoms with Crippen LogP contribution < -0.4 is 9.47 Å². The summed E-state index contributed by atoms with van der Waals surface area (Å²) in [7, 11) is 1.51. The van der Waals surface area contributed by atoms with E-state index in [1.54, 1.807) is 18.2 Å². The van der Waals surface area contributed by atoms with Gasteiger partial charge in [0.25, 0.3) is 5.95 Å². The molecule has 2 rings (SSSR count). The van der Waals surface area contributed by atoms with Crippen LogP contribution in [0.1, 0.15) is 0 Å². The highest BCUT2D eigenvalue weighted by Crippen LogP contribution is 2.31. The van der Waals surface area contributed by atoms with E-state index in [9.17, 15) is 4.79 Å². The molecule has 0 saturated carbocycles. The van der Waals surface area contributed by atoms with Crippen LogP contribution in [0.5, 0.6) is 11.7 Å². The zero-order chi connectivity index (χ0) is 10.8. The summed E-state index contributed by atoms with van der Waals surface area (Å²) in [6, 6.07) is 6.76. The number of furan rings is 1. The van der Waals surface area contributed by atoms with Gasteiger partial charge in [0.15, 0.2) is 11.3 Å². The van der Waals surface area contributed by atoms with Crippen molar-refractivity contribution >= 4 is 17.1 Å². The molecule has 1 N–H and O–H groups in total. The Morgan fingerprint density at radius 2 is 2.27 bits per heavy atom. The standard InChI is InChI=1S/C10H8O5/c1-13-7-4-2-3-6-5-8(14-9(6)7)15-10(11)12/h2-5H,1H3,(H,11,12). The summed E-state index contributed by atoms with van der Waals surface area (Å²) in [4.78, 5) is 10.3. The third-order valence-electron chi connectivity index (χ3n) is 1.89. The van der Waals surface area contributed by atoms with E-state index < -0.39 is 6.16 Å². The van der Waals surface area contributed by atoms with E-state index in [4.69, 9.17) is 14.3 Å². The number of hydrogen-bond acceptors (Lipinski definition) is 4. The zero-order valence-corrected chi connectivity index (χ0v) is 7.89. The average Bonchev–Trinajstić information content (AvgIpc) is 2.58. The molecule has 1 aromatic carbocycles. The number of benzene rings is 1. The van der Waals surface area contributed by atoms with Gasteiger partial charge in [0.05, 0.1) is 7.11 Å². The Morgan fingerprint density at radius 3 is 2.93 bits per heavy atom. The highest BCUT2D eigenvalue weighted by atomic mass is 16.7. The largest absolute Gasteiger partial charge is 0.513 e. The van der Waals surface area contributed by atoms with Crippen LogP contribution in [0.25, 0.3) is 11.0 Å². The van der Waals surface area contributed by atoms with Crippen LogP contribution in [0, 0.1) is 0 Å². The van der Waals surface area contributed by atoms with Gasteiger partial charge in [-0.2, -0.15) is 0 Å². The number of ether oxygens (including phenoxy) is 2. The Labute approximate surface area is 84.8 Å². The van der Waals surface area contributed by atoms with Crippen molar-refractivity contribution < 1.29 is 23.8 Å². The van der Waals surface area contributed by atoms with E-state index in [0.29, 0.717) is 11.3 Å². The first kappa shape index (κ1) is 9.39. The summed E-state index contributed by atoms with van der Waals surface area (Å²) in [6.45, 7) is 0. The van der Waals surface area contributed by atoms with Crippen LogP contribution in [0.15, 0.2) is 28.7 Å². The minimum Gasteiger partial charge on any atom is -0.493 e. The second kappa shape index (κ2) is 3.53. The number of fused-ring (bicyclic) bond motifs is 1. The van der Waals surface area contributed by atoms with Crippen molar-refractivity contribution in [3.63, 3.8) is 0 Å². The van der Waals surface area contributed by atoms with Crippen molar-refractivity contribution in [2.75, 3.05) is 7.11 Å². The molecule has 78 valence electrons. The molecule has 5 heteroatoms. The third kappa shape index (κ3) is 1.71. The minimum absolute atomic E-state index is 0.0676. The predicted molar refractivity (Wildman–Crippen MR) is 51.4 cm³/mol. The summed E-state index contributed by atoms with van der Waals surface area (Å²) < 4.78 is 14.6. The molecular formula is C10H8O5. The highest BCUT2D eigenvalue weighted by Gasteiger charge is 2.11. The van der Waals surface area contributed by atoms with Crippen molar-refractivity contribution in [2.24, 2.45) is 0 Å². The molecule has 0 aliphatic heterocycles. The molecule has 0 radical (unpaired) electrons. The molecule has 1 aromatic heterocycles. The van der Waals surface area contributed by atoms with Gasteiger partial charge in [-0.15, -0.1) is 0 Å². The molecule has 0 atom stereocenters. The lowest BCUT2D eigenvalue weighted by Gasteiger charge is -1.98. The third-order valence-corrected chi connectivity index (χ3v) is 1.89. The SMILES string of the molecule is COc1cccc2cc(OC(=O)O)oc12. The van der Waals surface area contributed by atoms with Crippen molar-refractivity contribution in [3.8, 4) is 11.7 Å². The summed E-state index contributed by atoms with van der Waals surface area (Å²) >= 11 is 0. The van der Waals surface area contributed by atoms with E-state index in [2.05, 4.69) is 4.74 Å². The normalized spacial score (nSPS) is 10.2. The number of para-hydroxylation sites is 1. The lowest BCUT2D eigenvalue weighted by atomic mass is 10.2. The van der Waals surface area contributed by atoms with E-state index in [1.165, 1.54) is 13.2 Å². The second-order valence-corrected chi connectivity index (χ2v) is 2.81. The van der Waals surface area contributed by atoms with Crippen molar-refractivity contribution in [1.29, 1.82) is 0 Å². The average molecular weight is 208 g/mol. The topological polar surface area (TPSA) is 68.9 Å². The monoisotopic (exact) mass is 208 g/mol. The molecule has 5 nitrogen and oxygen atoms in total. The summed E-state index contributed by atoms with van der Waals surface area (Å²) in [5, 5.41) is 9.13. The number of methoxy groups -OCH3 is 1. The smallest absolute Gasteiger partial charge is 0.493 e. The molecule has 0 fully saturated rings. The molecule has 0 unspecified atom stereocenters. The molecular weight excluding hydrogens is 200 g/mol. The van der Waals surface area contributed by atoms with Crippen LogP contribution in [0.4, 0.5) is 4.79 Å². The Balaban J connectivity index is 2.50. The summed E-state index contributed by atoms with van der Waals surface area (Å²) in [5.41, 5.74) is 0.469. The Hall–Kier alpha value is -2.17. The minimum atomic E-state index is -1.41. The van der Waals surface area contributed by atoms with E-state index in [-0.39, 0.29) is 5.95 Å². The molecule has 0 saturated heterocycles. The van der Waals surface area contributed by atoms with Gasteiger partial charge in [0.1, 0.15) is 0 Å². The molecule has 2 aromatic rings. The van der Waals surface area contributed by atoms with Crippen LogP contribution in [-0.4, -0.2) is 18.4 Å². The molecule has 1 heterocycles. The van der Waals surface area contributed by atoms with Gasteiger partial charge >= 0.3 is 6.16 Å². The van der Waals surface area contributed by atoms with Gasteiger partial charge in [-0.05, 0) is 6.07 Å². The maximum atomic E-state index is 10.3. The fraction of sp³-hybridized carbons (Fsp3) is 0.100. The number of carbonyl (C=O) groups is 1. The second-order valence-electron chi connectivity index (χ2n) is 2.81. The molecule has 15 heavy (non-hydrogen) atoms. The first-order chi connectivity index (χ1) is 7.20. The quantitative estimate of drug-likeness (QED) is 0.768. The van der Waals surface area contributed by atoms with Crippen LogP contribution >= 0.6 is 0 Å².